The van der Waals surface area contributed by atoms with Crippen LogP contribution in [0.4, 0.5) is 4.39 Å². The summed E-state index contributed by atoms with van der Waals surface area (Å²) in [6.07, 6.45) is 2.44. The second kappa shape index (κ2) is 7.07. The standard InChI is InChI=1S/C21H21FNO/c1-15-14-20(22)19(6-5-13-23-11-3-4-12-23)16(2)21(15)17-7-9-18(24)10-8-17/h7-10,14,24H,1,3-4,11-13H2,2H3. The minimum Gasteiger partial charge on any atom is -0.508 e. The molecule has 0 atom stereocenters. The van der Waals surface area contributed by atoms with E-state index in [-0.39, 0.29) is 11.6 Å². The zero-order valence-electron chi connectivity index (χ0n) is 13.9. The summed E-state index contributed by atoms with van der Waals surface area (Å²) in [6.45, 7) is 8.67. The first-order valence-corrected chi connectivity index (χ1v) is 8.22. The summed E-state index contributed by atoms with van der Waals surface area (Å²) >= 11 is 0. The molecule has 1 aliphatic heterocycles. The number of halogens is 1. The second-order valence-corrected chi connectivity index (χ2v) is 6.22. The van der Waals surface area contributed by atoms with Crippen molar-refractivity contribution in [3.05, 3.63) is 59.8 Å². The Morgan fingerprint density at radius 1 is 1.21 bits per heavy atom. The van der Waals surface area contributed by atoms with Gasteiger partial charge in [-0.05, 0) is 80.2 Å². The van der Waals surface area contributed by atoms with Crippen molar-refractivity contribution in [1.29, 1.82) is 0 Å². The fourth-order valence-electron chi connectivity index (χ4n) is 3.21. The molecule has 3 heteroatoms. The number of aromatic hydroxyl groups is 1. The SMILES string of the molecule is [CH2]c1cc(F)c(C#CCN2CCCC2)c(C)c1-c1ccc(O)cc1. The molecule has 0 spiro atoms. The summed E-state index contributed by atoms with van der Waals surface area (Å²) in [5.74, 6) is 6.00. The van der Waals surface area contributed by atoms with Crippen LogP contribution in [-0.2, 0) is 0 Å². The molecular weight excluding hydrogens is 301 g/mol. The van der Waals surface area contributed by atoms with Gasteiger partial charge in [-0.15, -0.1) is 0 Å². The maximum atomic E-state index is 14.4. The summed E-state index contributed by atoms with van der Waals surface area (Å²) in [5.41, 5.74) is 3.63. The van der Waals surface area contributed by atoms with Gasteiger partial charge in [0.2, 0.25) is 0 Å². The van der Waals surface area contributed by atoms with Gasteiger partial charge in [-0.1, -0.05) is 24.0 Å². The first-order valence-electron chi connectivity index (χ1n) is 8.22. The average molecular weight is 322 g/mol. The van der Waals surface area contributed by atoms with E-state index in [2.05, 4.69) is 23.7 Å². The van der Waals surface area contributed by atoms with Crippen LogP contribution in [-0.4, -0.2) is 29.6 Å². The molecule has 0 bridgehead atoms. The monoisotopic (exact) mass is 322 g/mol. The lowest BCUT2D eigenvalue weighted by atomic mass is 9.92. The molecule has 1 N–H and O–H groups in total. The molecule has 1 radical (unpaired) electrons. The van der Waals surface area contributed by atoms with Crippen molar-refractivity contribution in [3.63, 3.8) is 0 Å². The Morgan fingerprint density at radius 3 is 2.54 bits per heavy atom. The number of rotatable bonds is 2. The van der Waals surface area contributed by atoms with Crippen molar-refractivity contribution in [1.82, 2.24) is 4.90 Å². The van der Waals surface area contributed by atoms with Gasteiger partial charge in [0.15, 0.2) is 0 Å². The van der Waals surface area contributed by atoms with Gasteiger partial charge in [0.1, 0.15) is 11.6 Å². The highest BCUT2D eigenvalue weighted by molar-refractivity contribution is 5.75. The zero-order chi connectivity index (χ0) is 17.1. The van der Waals surface area contributed by atoms with Crippen LogP contribution in [0.3, 0.4) is 0 Å². The lowest BCUT2D eigenvalue weighted by Crippen LogP contribution is -2.19. The van der Waals surface area contributed by atoms with E-state index in [9.17, 15) is 9.50 Å². The van der Waals surface area contributed by atoms with Gasteiger partial charge in [-0.2, -0.15) is 0 Å². The topological polar surface area (TPSA) is 23.5 Å². The maximum absolute atomic E-state index is 14.4. The van der Waals surface area contributed by atoms with Crippen LogP contribution in [0.1, 0.15) is 29.5 Å². The molecule has 2 aromatic carbocycles. The highest BCUT2D eigenvalue weighted by Gasteiger charge is 2.14. The Hall–Kier alpha value is -2.31. The molecule has 0 saturated carbocycles. The van der Waals surface area contributed by atoms with E-state index < -0.39 is 0 Å². The van der Waals surface area contributed by atoms with Gasteiger partial charge in [-0.3, -0.25) is 4.90 Å². The number of hydrogen-bond acceptors (Lipinski definition) is 2. The number of phenolic OH excluding ortho intramolecular Hbond substituents is 1. The number of phenols is 1. The molecule has 0 amide bonds. The highest BCUT2D eigenvalue weighted by Crippen LogP contribution is 2.31. The van der Waals surface area contributed by atoms with Crippen LogP contribution in [0.5, 0.6) is 5.75 Å². The van der Waals surface area contributed by atoms with E-state index >= 15 is 0 Å². The van der Waals surface area contributed by atoms with Crippen molar-refractivity contribution in [2.75, 3.05) is 19.6 Å². The molecular formula is C21H21FNO. The van der Waals surface area contributed by atoms with E-state index in [0.717, 1.165) is 29.8 Å². The van der Waals surface area contributed by atoms with Gasteiger partial charge in [0.25, 0.3) is 0 Å². The molecule has 1 fully saturated rings. The predicted molar refractivity (Wildman–Crippen MR) is 95.2 cm³/mol. The van der Waals surface area contributed by atoms with E-state index in [4.69, 9.17) is 0 Å². The minimum atomic E-state index is -0.325. The smallest absolute Gasteiger partial charge is 0.139 e. The third kappa shape index (κ3) is 3.44. The lowest BCUT2D eigenvalue weighted by Gasteiger charge is -2.13. The van der Waals surface area contributed by atoms with Crippen LogP contribution in [0, 0.1) is 31.5 Å². The number of benzene rings is 2. The van der Waals surface area contributed by atoms with Gasteiger partial charge in [0, 0.05) is 0 Å². The molecule has 2 aromatic rings. The highest BCUT2D eigenvalue weighted by atomic mass is 19.1. The van der Waals surface area contributed by atoms with Gasteiger partial charge in [0.05, 0.1) is 12.1 Å². The Morgan fingerprint density at radius 2 is 1.88 bits per heavy atom. The van der Waals surface area contributed by atoms with E-state index in [1.165, 1.54) is 18.9 Å². The van der Waals surface area contributed by atoms with Gasteiger partial charge in [-0.25, -0.2) is 4.39 Å². The molecule has 0 unspecified atom stereocenters. The first-order chi connectivity index (χ1) is 11.6. The maximum Gasteiger partial charge on any atom is 0.139 e. The van der Waals surface area contributed by atoms with Gasteiger partial charge >= 0.3 is 0 Å². The molecule has 2 nitrogen and oxygen atoms in total. The number of nitrogens with zero attached hydrogens (tertiary/aromatic N) is 1. The van der Waals surface area contributed by atoms with Crippen LogP contribution in [0.25, 0.3) is 11.1 Å². The Kier molecular flexibility index (Phi) is 4.87. The lowest BCUT2D eigenvalue weighted by molar-refractivity contribution is 0.383. The molecule has 1 heterocycles. The third-order valence-corrected chi connectivity index (χ3v) is 4.48. The number of likely N-dealkylation sites (tertiary alicyclic amines) is 1. The Labute approximate surface area is 142 Å². The predicted octanol–water partition coefficient (Wildman–Crippen LogP) is 4.14. The minimum absolute atomic E-state index is 0.203. The normalized spacial score (nSPS) is 14.5. The van der Waals surface area contributed by atoms with E-state index in [1.807, 2.05) is 19.1 Å². The van der Waals surface area contributed by atoms with Gasteiger partial charge < -0.3 is 5.11 Å². The molecule has 0 aromatic heterocycles. The molecule has 1 saturated heterocycles. The molecule has 123 valence electrons. The fourth-order valence-corrected chi connectivity index (χ4v) is 3.21. The summed E-state index contributed by atoms with van der Waals surface area (Å²) in [5, 5.41) is 9.46. The van der Waals surface area contributed by atoms with Crippen molar-refractivity contribution in [2.45, 2.75) is 19.8 Å². The van der Waals surface area contributed by atoms with E-state index in [0.29, 0.717) is 17.7 Å². The zero-order valence-corrected chi connectivity index (χ0v) is 13.9. The van der Waals surface area contributed by atoms with Crippen LogP contribution < -0.4 is 0 Å². The van der Waals surface area contributed by atoms with Crippen LogP contribution in [0.2, 0.25) is 0 Å². The van der Waals surface area contributed by atoms with E-state index in [1.54, 1.807) is 12.1 Å². The summed E-state index contributed by atoms with van der Waals surface area (Å²) in [7, 11) is 0. The Balaban J connectivity index is 1.96. The third-order valence-electron chi connectivity index (χ3n) is 4.48. The summed E-state index contributed by atoms with van der Waals surface area (Å²) < 4.78 is 14.4. The first kappa shape index (κ1) is 16.5. The van der Waals surface area contributed by atoms with Crippen molar-refractivity contribution < 1.29 is 9.50 Å². The quantitative estimate of drug-likeness (QED) is 0.840. The largest absolute Gasteiger partial charge is 0.508 e. The summed E-state index contributed by atoms with van der Waals surface area (Å²) in [6, 6.07) is 8.30. The fraction of sp³-hybridized carbons (Fsp3) is 0.286. The van der Waals surface area contributed by atoms with Crippen LogP contribution >= 0.6 is 0 Å². The second-order valence-electron chi connectivity index (χ2n) is 6.22. The average Bonchev–Trinajstić information content (AvgIpc) is 3.05. The summed E-state index contributed by atoms with van der Waals surface area (Å²) in [4.78, 5) is 2.29. The van der Waals surface area contributed by atoms with Crippen molar-refractivity contribution in [2.24, 2.45) is 0 Å². The van der Waals surface area contributed by atoms with Crippen molar-refractivity contribution >= 4 is 0 Å². The Bertz CT molecular complexity index is 793. The molecule has 0 aliphatic carbocycles. The molecule has 24 heavy (non-hydrogen) atoms. The molecule has 1 aliphatic rings. The number of hydrogen-bond donors (Lipinski definition) is 1. The van der Waals surface area contributed by atoms with Crippen LogP contribution in [0.15, 0.2) is 30.3 Å². The van der Waals surface area contributed by atoms with Crippen molar-refractivity contribution in [3.8, 4) is 28.7 Å². The molecule has 3 rings (SSSR count).